The van der Waals surface area contributed by atoms with Crippen LogP contribution in [0.15, 0.2) is 0 Å². The SMILES string of the molecule is OCC(O)CCCCCCCCCC(O)O. The van der Waals surface area contributed by atoms with E-state index in [1.54, 1.807) is 0 Å². The molecule has 0 aromatic rings. The lowest BCUT2D eigenvalue weighted by atomic mass is 10.1. The molecule has 4 heteroatoms. The summed E-state index contributed by atoms with van der Waals surface area (Å²) in [6, 6.07) is 0. The maximum Gasteiger partial charge on any atom is 0.151 e. The summed E-state index contributed by atoms with van der Waals surface area (Å²) in [5.74, 6) is 0. The third-order valence-electron chi connectivity index (χ3n) is 2.71. The Bertz CT molecular complexity index is 139. The first-order valence-corrected chi connectivity index (χ1v) is 6.32. The third-order valence-corrected chi connectivity index (χ3v) is 2.71. The Morgan fingerprint density at radius 3 is 1.50 bits per heavy atom. The van der Waals surface area contributed by atoms with Gasteiger partial charge in [0.2, 0.25) is 0 Å². The van der Waals surface area contributed by atoms with Crippen molar-refractivity contribution in [3.8, 4) is 0 Å². The van der Waals surface area contributed by atoms with E-state index in [-0.39, 0.29) is 6.61 Å². The third kappa shape index (κ3) is 11.9. The Hall–Kier alpha value is -0.160. The lowest BCUT2D eigenvalue weighted by molar-refractivity contribution is -0.0466. The molecule has 1 unspecified atom stereocenters. The van der Waals surface area contributed by atoms with Crippen LogP contribution < -0.4 is 0 Å². The van der Waals surface area contributed by atoms with E-state index >= 15 is 0 Å². The standard InChI is InChI=1S/C12H26O4/c13-10-11(14)8-6-4-2-1-3-5-7-9-12(15)16/h11-16H,1-10H2. The van der Waals surface area contributed by atoms with E-state index in [4.69, 9.17) is 20.4 Å². The molecular formula is C12H26O4. The zero-order valence-corrected chi connectivity index (χ0v) is 10.0. The van der Waals surface area contributed by atoms with Crippen LogP contribution in [0.5, 0.6) is 0 Å². The summed E-state index contributed by atoms with van der Waals surface area (Å²) in [6.45, 7) is -0.135. The van der Waals surface area contributed by atoms with Gasteiger partial charge in [0.1, 0.15) is 0 Å². The molecule has 0 bridgehead atoms. The molecule has 0 aromatic heterocycles. The Labute approximate surface area is 97.9 Å². The zero-order valence-electron chi connectivity index (χ0n) is 10.0. The Balaban J connectivity index is 2.99. The van der Waals surface area contributed by atoms with Crippen LogP contribution in [0.4, 0.5) is 0 Å². The van der Waals surface area contributed by atoms with Gasteiger partial charge in [-0.15, -0.1) is 0 Å². The molecule has 1 atom stereocenters. The number of unbranched alkanes of at least 4 members (excludes halogenated alkanes) is 6. The molecule has 0 spiro atoms. The predicted molar refractivity (Wildman–Crippen MR) is 62.9 cm³/mol. The molecule has 4 nitrogen and oxygen atoms in total. The van der Waals surface area contributed by atoms with Gasteiger partial charge < -0.3 is 20.4 Å². The monoisotopic (exact) mass is 234 g/mol. The molecule has 0 fully saturated rings. The first-order chi connectivity index (χ1) is 7.66. The highest BCUT2D eigenvalue weighted by atomic mass is 16.5. The molecule has 0 saturated heterocycles. The summed E-state index contributed by atoms with van der Waals surface area (Å²) in [5.41, 5.74) is 0. The summed E-state index contributed by atoms with van der Waals surface area (Å²) in [7, 11) is 0. The van der Waals surface area contributed by atoms with Gasteiger partial charge in [-0.05, 0) is 19.3 Å². The average molecular weight is 234 g/mol. The van der Waals surface area contributed by atoms with E-state index < -0.39 is 12.4 Å². The van der Waals surface area contributed by atoms with Crippen LogP contribution in [0.25, 0.3) is 0 Å². The van der Waals surface area contributed by atoms with E-state index in [0.29, 0.717) is 12.8 Å². The molecule has 4 N–H and O–H groups in total. The quantitative estimate of drug-likeness (QED) is 0.319. The molecule has 0 aromatic carbocycles. The maximum atomic E-state index is 9.09. The van der Waals surface area contributed by atoms with Gasteiger partial charge in [0, 0.05) is 0 Å². The topological polar surface area (TPSA) is 80.9 Å². The van der Waals surface area contributed by atoms with E-state index in [2.05, 4.69) is 0 Å². The van der Waals surface area contributed by atoms with Crippen LogP contribution in [-0.4, -0.2) is 39.4 Å². The van der Waals surface area contributed by atoms with Crippen molar-refractivity contribution in [3.05, 3.63) is 0 Å². The van der Waals surface area contributed by atoms with Gasteiger partial charge >= 0.3 is 0 Å². The van der Waals surface area contributed by atoms with Crippen LogP contribution in [0.1, 0.15) is 57.8 Å². The second-order valence-electron chi connectivity index (χ2n) is 4.37. The molecule has 16 heavy (non-hydrogen) atoms. The number of hydrogen-bond acceptors (Lipinski definition) is 4. The number of hydrogen-bond donors (Lipinski definition) is 4. The van der Waals surface area contributed by atoms with E-state index in [1.807, 2.05) is 0 Å². The molecule has 0 rings (SSSR count). The summed E-state index contributed by atoms with van der Waals surface area (Å²) in [5, 5.41) is 34.9. The van der Waals surface area contributed by atoms with E-state index in [1.165, 1.54) is 0 Å². The minimum Gasteiger partial charge on any atom is -0.394 e. The van der Waals surface area contributed by atoms with Crippen molar-refractivity contribution in [1.82, 2.24) is 0 Å². The normalized spacial score (nSPS) is 13.3. The maximum absolute atomic E-state index is 9.09. The van der Waals surface area contributed by atoms with Gasteiger partial charge in [-0.3, -0.25) is 0 Å². The molecule has 0 amide bonds. The van der Waals surface area contributed by atoms with Crippen LogP contribution in [0.3, 0.4) is 0 Å². The Kier molecular flexibility index (Phi) is 11.2. The van der Waals surface area contributed by atoms with Gasteiger partial charge in [-0.25, -0.2) is 0 Å². The van der Waals surface area contributed by atoms with Crippen molar-refractivity contribution >= 4 is 0 Å². The van der Waals surface area contributed by atoms with Crippen molar-refractivity contribution in [1.29, 1.82) is 0 Å². The molecule has 0 aliphatic carbocycles. The number of rotatable bonds is 11. The second kappa shape index (κ2) is 11.3. The fourth-order valence-electron chi connectivity index (χ4n) is 1.68. The molecule has 0 radical (unpaired) electrons. The highest BCUT2D eigenvalue weighted by molar-refractivity contribution is 4.53. The highest BCUT2D eigenvalue weighted by Gasteiger charge is 2.00. The Morgan fingerprint density at radius 1 is 0.625 bits per heavy atom. The highest BCUT2D eigenvalue weighted by Crippen LogP contribution is 2.11. The summed E-state index contributed by atoms with van der Waals surface area (Å²) >= 11 is 0. The van der Waals surface area contributed by atoms with Crippen LogP contribution in [-0.2, 0) is 0 Å². The lowest BCUT2D eigenvalue weighted by Crippen LogP contribution is -2.10. The molecular weight excluding hydrogens is 208 g/mol. The minimum atomic E-state index is -1.15. The van der Waals surface area contributed by atoms with Crippen molar-refractivity contribution in [2.24, 2.45) is 0 Å². The van der Waals surface area contributed by atoms with Gasteiger partial charge in [0.05, 0.1) is 12.7 Å². The summed E-state index contributed by atoms with van der Waals surface area (Å²) in [4.78, 5) is 0. The molecule has 0 heterocycles. The van der Waals surface area contributed by atoms with Crippen LogP contribution >= 0.6 is 0 Å². The molecule has 0 aliphatic rings. The van der Waals surface area contributed by atoms with Crippen molar-refractivity contribution < 1.29 is 20.4 Å². The van der Waals surface area contributed by atoms with Crippen molar-refractivity contribution in [3.63, 3.8) is 0 Å². The molecule has 98 valence electrons. The molecule has 0 saturated carbocycles. The minimum absolute atomic E-state index is 0.135. The van der Waals surface area contributed by atoms with Gasteiger partial charge in [0.25, 0.3) is 0 Å². The zero-order chi connectivity index (χ0) is 12.2. The van der Waals surface area contributed by atoms with E-state index in [0.717, 1.165) is 44.9 Å². The number of aliphatic hydroxyl groups excluding tert-OH is 3. The Morgan fingerprint density at radius 2 is 1.06 bits per heavy atom. The van der Waals surface area contributed by atoms with Crippen LogP contribution in [0.2, 0.25) is 0 Å². The predicted octanol–water partition coefficient (Wildman–Crippen LogP) is 1.16. The van der Waals surface area contributed by atoms with Gasteiger partial charge in [-0.1, -0.05) is 38.5 Å². The van der Waals surface area contributed by atoms with Gasteiger partial charge in [-0.2, -0.15) is 0 Å². The fraction of sp³-hybridized carbons (Fsp3) is 1.00. The first kappa shape index (κ1) is 15.8. The number of aliphatic hydroxyl groups is 4. The van der Waals surface area contributed by atoms with E-state index in [9.17, 15) is 0 Å². The van der Waals surface area contributed by atoms with Gasteiger partial charge in [0.15, 0.2) is 6.29 Å². The summed E-state index contributed by atoms with van der Waals surface area (Å²) in [6.07, 6.45) is 6.90. The van der Waals surface area contributed by atoms with Crippen molar-refractivity contribution in [2.75, 3.05) is 6.61 Å². The van der Waals surface area contributed by atoms with Crippen molar-refractivity contribution in [2.45, 2.75) is 70.2 Å². The largest absolute Gasteiger partial charge is 0.394 e. The lowest BCUT2D eigenvalue weighted by Gasteiger charge is -2.06. The smallest absolute Gasteiger partial charge is 0.151 e. The first-order valence-electron chi connectivity index (χ1n) is 6.32. The molecule has 0 aliphatic heterocycles. The summed E-state index contributed by atoms with van der Waals surface area (Å²) < 4.78 is 0. The fourth-order valence-corrected chi connectivity index (χ4v) is 1.68. The second-order valence-corrected chi connectivity index (χ2v) is 4.37. The average Bonchev–Trinajstić information content (AvgIpc) is 2.26. The van der Waals surface area contributed by atoms with Crippen LogP contribution in [0, 0.1) is 0 Å².